The van der Waals surface area contributed by atoms with Gasteiger partial charge in [-0.1, -0.05) is 25.1 Å². The number of carbonyl (C=O) groups is 1. The zero-order valence-corrected chi connectivity index (χ0v) is 18.4. The van der Waals surface area contributed by atoms with Gasteiger partial charge in [-0.05, 0) is 42.8 Å². The third-order valence-electron chi connectivity index (χ3n) is 5.15. The summed E-state index contributed by atoms with van der Waals surface area (Å²) in [5.74, 6) is 1.40. The topological polar surface area (TPSA) is 112 Å². The van der Waals surface area contributed by atoms with Gasteiger partial charge in [0.15, 0.2) is 6.10 Å². The van der Waals surface area contributed by atoms with Gasteiger partial charge in [-0.3, -0.25) is 5.32 Å². The molecule has 2 aliphatic rings. The van der Waals surface area contributed by atoms with Crippen molar-refractivity contribution in [3.8, 4) is 11.5 Å². The van der Waals surface area contributed by atoms with E-state index in [4.69, 9.17) is 18.9 Å². The van der Waals surface area contributed by atoms with E-state index < -0.39 is 40.5 Å². The van der Waals surface area contributed by atoms with Crippen LogP contribution in [0, 0.1) is 0 Å². The number of rotatable bonds is 8. The fourth-order valence-corrected chi connectivity index (χ4v) is 5.06. The lowest BCUT2D eigenvalue weighted by atomic mass is 10.1. The van der Waals surface area contributed by atoms with Gasteiger partial charge in [0.2, 0.25) is 10.0 Å². The molecule has 172 valence electrons. The molecule has 2 fully saturated rings. The summed E-state index contributed by atoms with van der Waals surface area (Å²) in [6, 6.07) is 15.8. The smallest absolute Gasteiger partial charge is 0.412 e. The van der Waals surface area contributed by atoms with Gasteiger partial charge in [0, 0.05) is 5.69 Å². The van der Waals surface area contributed by atoms with Crippen LogP contribution < -0.4 is 14.8 Å². The highest BCUT2D eigenvalue weighted by atomic mass is 32.2. The van der Waals surface area contributed by atoms with Gasteiger partial charge >= 0.3 is 6.09 Å². The summed E-state index contributed by atoms with van der Waals surface area (Å²) in [5, 5.41) is 2.67. The Morgan fingerprint density at radius 1 is 1.00 bits per heavy atom. The molecule has 4 atom stereocenters. The number of sulfonamides is 1. The highest BCUT2D eigenvalue weighted by Crippen LogP contribution is 2.30. The quantitative estimate of drug-likeness (QED) is 0.620. The molecule has 4 rings (SSSR count). The molecule has 0 saturated carbocycles. The van der Waals surface area contributed by atoms with Gasteiger partial charge < -0.3 is 18.9 Å². The van der Waals surface area contributed by atoms with Crippen molar-refractivity contribution in [3.05, 3.63) is 54.6 Å². The molecule has 2 aliphatic heterocycles. The van der Waals surface area contributed by atoms with E-state index in [9.17, 15) is 13.2 Å². The largest absolute Gasteiger partial charge is 0.457 e. The Bertz CT molecular complexity index is 1010. The Morgan fingerprint density at radius 2 is 1.69 bits per heavy atom. The Kier molecular flexibility index (Phi) is 6.95. The number of hydrogen-bond donors (Lipinski definition) is 2. The van der Waals surface area contributed by atoms with Gasteiger partial charge in [-0.25, -0.2) is 17.9 Å². The molecule has 2 saturated heterocycles. The summed E-state index contributed by atoms with van der Waals surface area (Å²) in [7, 11) is -3.40. The minimum atomic E-state index is -3.40. The van der Waals surface area contributed by atoms with E-state index in [0.29, 0.717) is 17.9 Å². The summed E-state index contributed by atoms with van der Waals surface area (Å²) >= 11 is 0. The first-order valence-electron chi connectivity index (χ1n) is 10.5. The molecule has 9 nitrogen and oxygen atoms in total. The van der Waals surface area contributed by atoms with Crippen LogP contribution in [0.3, 0.4) is 0 Å². The van der Waals surface area contributed by atoms with E-state index >= 15 is 0 Å². The van der Waals surface area contributed by atoms with Crippen molar-refractivity contribution >= 4 is 21.8 Å². The maximum atomic E-state index is 12.3. The number of ether oxygens (including phenoxy) is 4. The Morgan fingerprint density at radius 3 is 2.41 bits per heavy atom. The minimum absolute atomic E-state index is 0.0401. The van der Waals surface area contributed by atoms with E-state index in [1.165, 1.54) is 0 Å². The van der Waals surface area contributed by atoms with E-state index in [1.54, 1.807) is 31.2 Å². The highest BCUT2D eigenvalue weighted by Gasteiger charge is 2.50. The van der Waals surface area contributed by atoms with Crippen LogP contribution in [0.5, 0.6) is 11.5 Å². The molecule has 2 heterocycles. The van der Waals surface area contributed by atoms with Crippen LogP contribution in [0.1, 0.15) is 13.3 Å². The molecule has 0 radical (unpaired) electrons. The zero-order chi connectivity index (χ0) is 22.6. The van der Waals surface area contributed by atoms with Crippen molar-refractivity contribution in [2.75, 3.05) is 24.3 Å². The van der Waals surface area contributed by atoms with Crippen molar-refractivity contribution in [1.29, 1.82) is 0 Å². The van der Waals surface area contributed by atoms with Gasteiger partial charge in [-0.15, -0.1) is 0 Å². The van der Waals surface area contributed by atoms with Gasteiger partial charge in [0.25, 0.3) is 0 Å². The number of fused-ring (bicyclic) bond motifs is 1. The lowest BCUT2D eigenvalue weighted by Crippen LogP contribution is -2.45. The van der Waals surface area contributed by atoms with Crippen molar-refractivity contribution in [1.82, 2.24) is 4.72 Å². The molecule has 0 bridgehead atoms. The third-order valence-corrected chi connectivity index (χ3v) is 6.76. The third kappa shape index (κ3) is 5.57. The van der Waals surface area contributed by atoms with Crippen LogP contribution in [-0.2, 0) is 24.2 Å². The average molecular weight is 463 g/mol. The Labute approximate surface area is 187 Å². The normalized spacial score (nSPS) is 24.7. The first-order valence-corrected chi connectivity index (χ1v) is 12.1. The molecule has 4 unspecified atom stereocenters. The fourth-order valence-electron chi connectivity index (χ4n) is 3.74. The van der Waals surface area contributed by atoms with E-state index in [2.05, 4.69) is 10.0 Å². The number of anilines is 1. The summed E-state index contributed by atoms with van der Waals surface area (Å²) in [5.41, 5.74) is 0.545. The second-order valence-corrected chi connectivity index (χ2v) is 9.52. The van der Waals surface area contributed by atoms with Crippen molar-refractivity contribution in [2.45, 2.75) is 37.7 Å². The van der Waals surface area contributed by atoms with E-state index in [1.807, 2.05) is 30.3 Å². The molecule has 2 aromatic carbocycles. The van der Waals surface area contributed by atoms with Crippen molar-refractivity contribution in [2.24, 2.45) is 0 Å². The standard InChI is InChI=1S/C22H26N2O7S/c1-2-12-32(26,27)24-18-13-28-21-19(14-29-20(18)21)31-22(25)23-15-8-10-17(11-9-15)30-16-6-4-3-5-7-16/h3-11,18-21,24H,2,12-14H2,1H3,(H,23,25). The SMILES string of the molecule is CCCS(=O)(=O)NC1COC2C(OC(=O)Nc3ccc(Oc4ccccc4)cc3)COC12. The van der Waals surface area contributed by atoms with Crippen LogP contribution in [0.15, 0.2) is 54.6 Å². The van der Waals surface area contributed by atoms with E-state index in [0.717, 1.165) is 5.75 Å². The molecular weight excluding hydrogens is 436 g/mol. The monoisotopic (exact) mass is 462 g/mol. The first kappa shape index (κ1) is 22.5. The second-order valence-electron chi connectivity index (χ2n) is 7.65. The molecule has 0 aromatic heterocycles. The maximum Gasteiger partial charge on any atom is 0.412 e. The van der Waals surface area contributed by atoms with Gasteiger partial charge in [0.05, 0.1) is 25.0 Å². The van der Waals surface area contributed by atoms with E-state index in [-0.39, 0.29) is 19.0 Å². The second kappa shape index (κ2) is 9.86. The number of benzene rings is 2. The fraction of sp³-hybridized carbons (Fsp3) is 0.409. The Balaban J connectivity index is 1.28. The average Bonchev–Trinajstić information content (AvgIpc) is 3.33. The lowest BCUT2D eigenvalue weighted by Gasteiger charge is -2.18. The molecule has 2 aromatic rings. The van der Waals surface area contributed by atoms with Crippen LogP contribution >= 0.6 is 0 Å². The van der Waals surface area contributed by atoms with Crippen LogP contribution in [0.2, 0.25) is 0 Å². The van der Waals surface area contributed by atoms with Crippen LogP contribution in [-0.4, -0.2) is 57.8 Å². The molecule has 10 heteroatoms. The lowest BCUT2D eigenvalue weighted by molar-refractivity contribution is 0.00883. The predicted octanol–water partition coefficient (Wildman–Crippen LogP) is 2.89. The van der Waals surface area contributed by atoms with Crippen molar-refractivity contribution in [3.63, 3.8) is 0 Å². The van der Waals surface area contributed by atoms with Crippen LogP contribution in [0.25, 0.3) is 0 Å². The number of para-hydroxylation sites is 1. The van der Waals surface area contributed by atoms with Crippen LogP contribution in [0.4, 0.5) is 10.5 Å². The van der Waals surface area contributed by atoms with Crippen molar-refractivity contribution < 1.29 is 32.2 Å². The first-order chi connectivity index (χ1) is 15.4. The molecule has 0 aliphatic carbocycles. The molecule has 0 spiro atoms. The zero-order valence-electron chi connectivity index (χ0n) is 17.6. The highest BCUT2D eigenvalue weighted by molar-refractivity contribution is 7.89. The maximum absolute atomic E-state index is 12.3. The number of nitrogens with one attached hydrogen (secondary N) is 2. The molecule has 32 heavy (non-hydrogen) atoms. The summed E-state index contributed by atoms with van der Waals surface area (Å²) < 4.78 is 49.2. The van der Waals surface area contributed by atoms with Gasteiger partial charge in [0.1, 0.15) is 23.7 Å². The predicted molar refractivity (Wildman–Crippen MR) is 117 cm³/mol. The minimum Gasteiger partial charge on any atom is -0.457 e. The molecular formula is C22H26N2O7S. The van der Waals surface area contributed by atoms with Gasteiger partial charge in [-0.2, -0.15) is 0 Å². The molecule has 2 N–H and O–H groups in total. The number of carbonyl (C=O) groups excluding carboxylic acids is 1. The Hall–Kier alpha value is -2.66. The number of hydrogen-bond acceptors (Lipinski definition) is 7. The summed E-state index contributed by atoms with van der Waals surface area (Å²) in [4.78, 5) is 12.3. The number of amides is 1. The summed E-state index contributed by atoms with van der Waals surface area (Å²) in [6.07, 6.45) is -1.76. The molecule has 1 amide bonds. The summed E-state index contributed by atoms with van der Waals surface area (Å²) in [6.45, 7) is 2.10.